The molecule has 1 aromatic carbocycles. The number of aliphatic hydroxyl groups excluding tert-OH is 1. The Kier molecular flexibility index (Phi) is 7.71. The molecule has 0 radical (unpaired) electrons. The Morgan fingerprint density at radius 1 is 1.24 bits per heavy atom. The number of carbonyl (C=O) groups is 1. The molecule has 9 nitrogen and oxygen atoms in total. The van der Waals surface area contributed by atoms with Gasteiger partial charge in [-0.15, -0.1) is 0 Å². The highest BCUT2D eigenvalue weighted by molar-refractivity contribution is 5.94. The molecule has 0 saturated heterocycles. The van der Waals surface area contributed by atoms with Crippen molar-refractivity contribution in [3.63, 3.8) is 0 Å². The summed E-state index contributed by atoms with van der Waals surface area (Å²) >= 11 is 0. The van der Waals surface area contributed by atoms with E-state index in [9.17, 15) is 9.90 Å². The summed E-state index contributed by atoms with van der Waals surface area (Å²) in [6.07, 6.45) is 7.20. The first-order valence-electron chi connectivity index (χ1n) is 13.1. The molecule has 1 atom stereocenters. The lowest BCUT2D eigenvalue weighted by atomic mass is 9.93. The number of amides is 1. The summed E-state index contributed by atoms with van der Waals surface area (Å²) in [7, 11) is 1.91. The molecule has 196 valence electrons. The first-order valence-corrected chi connectivity index (χ1v) is 13.1. The molecule has 3 aromatic rings. The average Bonchev–Trinajstić information content (AvgIpc) is 3.29. The lowest BCUT2D eigenvalue weighted by Gasteiger charge is -2.31. The fourth-order valence-electron chi connectivity index (χ4n) is 4.97. The van der Waals surface area contributed by atoms with Gasteiger partial charge in [0.15, 0.2) is 0 Å². The van der Waals surface area contributed by atoms with Crippen LogP contribution in [0.2, 0.25) is 0 Å². The van der Waals surface area contributed by atoms with Crippen LogP contribution >= 0.6 is 0 Å². The van der Waals surface area contributed by atoms with Crippen molar-refractivity contribution in [3.05, 3.63) is 70.7 Å². The standard InChI is InChI=1S/C28H36N6O3/c1-19-25-10-13-34(16-21(25)6-7-26(19)37-18-23-9-12-31-33(23)2)17-24(35)15-30-28(36)20-8-11-29-27(14-20)32-22-4-3-5-22/h6-9,11-12,14,22,24,35H,3-5,10,13,15-18H2,1-2H3,(H,29,32)(H,30,36)/t24-/m0/s1. The van der Waals surface area contributed by atoms with Crippen LogP contribution in [0.25, 0.3) is 0 Å². The molecular weight excluding hydrogens is 468 g/mol. The van der Waals surface area contributed by atoms with Crippen LogP contribution in [0.5, 0.6) is 5.75 Å². The molecule has 1 fully saturated rings. The predicted octanol–water partition coefficient (Wildman–Crippen LogP) is 2.82. The lowest BCUT2D eigenvalue weighted by molar-refractivity contribution is 0.0841. The van der Waals surface area contributed by atoms with E-state index in [-0.39, 0.29) is 12.5 Å². The molecule has 0 unspecified atom stereocenters. The summed E-state index contributed by atoms with van der Waals surface area (Å²) in [5.74, 6) is 1.43. The van der Waals surface area contributed by atoms with E-state index in [1.807, 2.05) is 23.9 Å². The molecule has 1 amide bonds. The number of β-amino-alcohol motifs (C(OH)–C–C–N with tert-alkyl or cyclic N) is 1. The van der Waals surface area contributed by atoms with E-state index in [2.05, 4.69) is 38.6 Å². The Hall–Kier alpha value is -3.43. The molecule has 5 rings (SSSR count). The maximum absolute atomic E-state index is 12.6. The number of hydrogen-bond acceptors (Lipinski definition) is 7. The second kappa shape index (κ2) is 11.3. The number of aromatic nitrogens is 3. The summed E-state index contributed by atoms with van der Waals surface area (Å²) in [5, 5.41) is 21.1. The lowest BCUT2D eigenvalue weighted by Crippen LogP contribution is -2.42. The molecule has 0 spiro atoms. The number of rotatable bonds is 10. The monoisotopic (exact) mass is 504 g/mol. The van der Waals surface area contributed by atoms with Crippen LogP contribution in [0.15, 0.2) is 42.7 Å². The van der Waals surface area contributed by atoms with Gasteiger partial charge in [0, 0.05) is 57.2 Å². The van der Waals surface area contributed by atoms with Crippen LogP contribution in [-0.2, 0) is 26.6 Å². The smallest absolute Gasteiger partial charge is 0.251 e. The van der Waals surface area contributed by atoms with Gasteiger partial charge in [0.1, 0.15) is 18.2 Å². The second-order valence-electron chi connectivity index (χ2n) is 10.1. The zero-order valence-electron chi connectivity index (χ0n) is 21.6. The SMILES string of the molecule is Cc1c(OCc2ccnn2C)ccc2c1CCN(C[C@@H](O)CNC(=O)c1ccnc(NC3CCC3)c1)C2. The highest BCUT2D eigenvalue weighted by Crippen LogP contribution is 2.30. The molecule has 3 heterocycles. The summed E-state index contributed by atoms with van der Waals surface area (Å²) in [6.45, 7) is 4.92. The number of aryl methyl sites for hydroxylation is 1. The zero-order valence-corrected chi connectivity index (χ0v) is 21.6. The Morgan fingerprint density at radius 2 is 2.11 bits per heavy atom. The van der Waals surface area contributed by atoms with E-state index < -0.39 is 6.10 Å². The van der Waals surface area contributed by atoms with Crippen molar-refractivity contribution < 1.29 is 14.6 Å². The van der Waals surface area contributed by atoms with Gasteiger partial charge in [-0.2, -0.15) is 5.10 Å². The summed E-state index contributed by atoms with van der Waals surface area (Å²) < 4.78 is 7.90. The maximum Gasteiger partial charge on any atom is 0.251 e. The van der Waals surface area contributed by atoms with Crippen molar-refractivity contribution in [1.82, 2.24) is 25.0 Å². The van der Waals surface area contributed by atoms with Crippen molar-refractivity contribution in [2.75, 3.05) is 25.0 Å². The van der Waals surface area contributed by atoms with Gasteiger partial charge in [-0.3, -0.25) is 14.4 Å². The van der Waals surface area contributed by atoms with Crippen LogP contribution in [0.4, 0.5) is 5.82 Å². The highest BCUT2D eigenvalue weighted by atomic mass is 16.5. The van der Waals surface area contributed by atoms with Crippen LogP contribution in [-0.4, -0.2) is 62.5 Å². The van der Waals surface area contributed by atoms with Crippen LogP contribution < -0.4 is 15.4 Å². The number of fused-ring (bicyclic) bond motifs is 1. The molecule has 1 aliphatic heterocycles. The second-order valence-corrected chi connectivity index (χ2v) is 10.1. The molecule has 2 aromatic heterocycles. The molecule has 0 bridgehead atoms. The van der Waals surface area contributed by atoms with E-state index in [0.717, 1.165) is 49.6 Å². The zero-order chi connectivity index (χ0) is 25.8. The highest BCUT2D eigenvalue weighted by Gasteiger charge is 2.22. The average molecular weight is 505 g/mol. The van der Waals surface area contributed by atoms with Crippen molar-refractivity contribution in [2.24, 2.45) is 7.05 Å². The number of anilines is 1. The van der Waals surface area contributed by atoms with Gasteiger partial charge in [-0.1, -0.05) is 6.07 Å². The van der Waals surface area contributed by atoms with E-state index >= 15 is 0 Å². The number of nitrogens with zero attached hydrogens (tertiary/aromatic N) is 4. The largest absolute Gasteiger partial charge is 0.487 e. The van der Waals surface area contributed by atoms with Crippen molar-refractivity contribution >= 4 is 11.7 Å². The Morgan fingerprint density at radius 3 is 2.86 bits per heavy atom. The van der Waals surface area contributed by atoms with Crippen LogP contribution in [0, 0.1) is 6.92 Å². The third-order valence-electron chi connectivity index (χ3n) is 7.46. The molecule has 37 heavy (non-hydrogen) atoms. The van der Waals surface area contributed by atoms with E-state index in [4.69, 9.17) is 4.74 Å². The molecular formula is C28H36N6O3. The fourth-order valence-corrected chi connectivity index (χ4v) is 4.97. The number of hydrogen-bond donors (Lipinski definition) is 3. The first-order chi connectivity index (χ1) is 18.0. The van der Waals surface area contributed by atoms with Gasteiger partial charge >= 0.3 is 0 Å². The minimum atomic E-state index is -0.650. The van der Waals surface area contributed by atoms with E-state index in [1.54, 1.807) is 24.5 Å². The molecule has 3 N–H and O–H groups in total. The molecule has 1 aliphatic carbocycles. The van der Waals surface area contributed by atoms with Gasteiger partial charge in [0.05, 0.1) is 11.8 Å². The summed E-state index contributed by atoms with van der Waals surface area (Å²) in [6, 6.07) is 10.1. The number of aliphatic hydroxyl groups is 1. The van der Waals surface area contributed by atoms with Crippen molar-refractivity contribution in [1.29, 1.82) is 0 Å². The summed E-state index contributed by atoms with van der Waals surface area (Å²) in [5.41, 5.74) is 5.34. The fraction of sp³-hybridized carbons (Fsp3) is 0.464. The van der Waals surface area contributed by atoms with Gasteiger partial charge in [-0.05, 0) is 73.6 Å². The summed E-state index contributed by atoms with van der Waals surface area (Å²) in [4.78, 5) is 19.2. The normalized spacial score (nSPS) is 16.5. The minimum Gasteiger partial charge on any atom is -0.487 e. The first kappa shape index (κ1) is 25.2. The molecule has 2 aliphatic rings. The number of benzene rings is 1. The topological polar surface area (TPSA) is 105 Å². The number of nitrogens with one attached hydrogen (secondary N) is 2. The molecule has 1 saturated carbocycles. The van der Waals surface area contributed by atoms with Gasteiger partial charge < -0.3 is 20.5 Å². The predicted molar refractivity (Wildman–Crippen MR) is 142 cm³/mol. The van der Waals surface area contributed by atoms with Crippen molar-refractivity contribution in [3.8, 4) is 5.75 Å². The minimum absolute atomic E-state index is 0.198. The van der Waals surface area contributed by atoms with Crippen LogP contribution in [0.3, 0.4) is 0 Å². The third-order valence-corrected chi connectivity index (χ3v) is 7.46. The third kappa shape index (κ3) is 6.11. The number of pyridine rings is 1. The Bertz CT molecular complexity index is 1240. The van der Waals surface area contributed by atoms with Gasteiger partial charge in [-0.25, -0.2) is 4.98 Å². The van der Waals surface area contributed by atoms with Gasteiger partial charge in [0.2, 0.25) is 0 Å². The quantitative estimate of drug-likeness (QED) is 0.390. The Balaban J connectivity index is 1.10. The van der Waals surface area contributed by atoms with Crippen LogP contribution in [0.1, 0.15) is 52.0 Å². The van der Waals surface area contributed by atoms with Crippen molar-refractivity contribution in [2.45, 2.75) is 57.9 Å². The number of ether oxygens (including phenoxy) is 1. The molecule has 9 heteroatoms. The maximum atomic E-state index is 12.6. The number of carbonyl (C=O) groups excluding carboxylic acids is 1. The van der Waals surface area contributed by atoms with Gasteiger partial charge in [0.25, 0.3) is 5.91 Å². The van der Waals surface area contributed by atoms with E-state index in [0.29, 0.717) is 24.8 Å². The Labute approximate surface area is 217 Å². The van der Waals surface area contributed by atoms with E-state index in [1.165, 1.54) is 23.1 Å².